The van der Waals surface area contributed by atoms with E-state index in [9.17, 15) is 9.90 Å². The lowest BCUT2D eigenvalue weighted by atomic mass is 9.85. The molecule has 34 heavy (non-hydrogen) atoms. The Kier molecular flexibility index (Phi) is 8.14. The van der Waals surface area contributed by atoms with Crippen molar-refractivity contribution in [1.29, 1.82) is 0 Å². The maximum absolute atomic E-state index is 13.1. The first kappa shape index (κ1) is 26.7. The van der Waals surface area contributed by atoms with Crippen LogP contribution >= 0.6 is 23.1 Å². The molecule has 1 N–H and O–H groups in total. The summed E-state index contributed by atoms with van der Waals surface area (Å²) in [4.78, 5) is 18.3. The Hall–Kier alpha value is -1.91. The number of aryl methyl sites for hydroxylation is 1. The fourth-order valence-electron chi connectivity index (χ4n) is 3.85. The third-order valence-electron chi connectivity index (χ3n) is 5.83. The summed E-state index contributed by atoms with van der Waals surface area (Å²) in [6, 6.07) is 4.31. The van der Waals surface area contributed by atoms with Gasteiger partial charge in [-0.15, -0.1) is 0 Å². The van der Waals surface area contributed by atoms with Crippen LogP contribution in [-0.4, -0.2) is 10.9 Å². The molecule has 0 radical (unpaired) electrons. The van der Waals surface area contributed by atoms with Crippen molar-refractivity contribution in [2.75, 3.05) is 0 Å². The number of thioether (sulfide) groups is 1. The number of aliphatic hydroxyl groups excluding tert-OH is 1. The Balaban J connectivity index is 1.99. The molecule has 1 aliphatic carbocycles. The first-order chi connectivity index (χ1) is 15.8. The molecule has 1 aliphatic heterocycles. The smallest absolute Gasteiger partial charge is 0.219 e. The maximum atomic E-state index is 13.1. The Morgan fingerprint density at radius 3 is 2.18 bits per heavy atom. The maximum Gasteiger partial charge on any atom is 0.219 e. The van der Waals surface area contributed by atoms with Crippen LogP contribution in [-0.2, 0) is 16.6 Å². The van der Waals surface area contributed by atoms with Gasteiger partial charge in [-0.2, -0.15) is 0 Å². The summed E-state index contributed by atoms with van der Waals surface area (Å²) in [7, 11) is 0. The van der Waals surface area contributed by atoms with Crippen molar-refractivity contribution in [3.05, 3.63) is 78.0 Å². The number of carbonyl (C=O) groups excluding carboxylic acids is 1. The number of allylic oxidation sites excluding steroid dienone is 8. The lowest BCUT2D eigenvalue weighted by molar-refractivity contribution is -0.113. The third-order valence-corrected chi connectivity index (χ3v) is 8.89. The molecule has 0 atom stereocenters. The largest absolute Gasteiger partial charge is 0.506 e. The fourth-order valence-corrected chi connectivity index (χ4v) is 6.42. The summed E-state index contributed by atoms with van der Waals surface area (Å²) in [6.07, 6.45) is 12.2. The second kappa shape index (κ2) is 10.4. The van der Waals surface area contributed by atoms with Gasteiger partial charge >= 0.3 is 0 Å². The number of rotatable bonds is 6. The lowest BCUT2D eigenvalue weighted by Gasteiger charge is -2.27. The van der Waals surface area contributed by atoms with E-state index in [0.717, 1.165) is 36.8 Å². The second-order valence-electron chi connectivity index (χ2n) is 11.2. The molecule has 2 nitrogen and oxygen atoms in total. The van der Waals surface area contributed by atoms with Crippen molar-refractivity contribution >= 4 is 35.0 Å². The minimum atomic E-state index is -0.0822. The Morgan fingerprint density at radius 1 is 0.941 bits per heavy atom. The molecule has 1 aromatic heterocycles. The van der Waals surface area contributed by atoms with Crippen molar-refractivity contribution in [2.45, 2.75) is 86.5 Å². The number of hydrogen-bond acceptors (Lipinski definition) is 3. The monoisotopic (exact) mass is 495 g/mol. The van der Waals surface area contributed by atoms with Gasteiger partial charge in [-0.25, -0.2) is 0 Å². The number of carbonyl (C=O) groups is 1. The van der Waals surface area contributed by atoms with Crippen molar-refractivity contribution in [2.24, 2.45) is 5.41 Å². The predicted octanol–water partition coefficient (Wildman–Crippen LogP) is 9.34. The molecule has 4 heteroatoms. The molecule has 0 unspecified atom stereocenters. The van der Waals surface area contributed by atoms with Crippen molar-refractivity contribution in [3.63, 3.8) is 0 Å². The van der Waals surface area contributed by atoms with Gasteiger partial charge in [-0.05, 0) is 63.5 Å². The quantitative estimate of drug-likeness (QED) is 0.315. The summed E-state index contributed by atoms with van der Waals surface area (Å²) in [5.74, 6) is 0.0232. The highest BCUT2D eigenvalue weighted by molar-refractivity contribution is 8.06. The van der Waals surface area contributed by atoms with Gasteiger partial charge in [0.1, 0.15) is 5.76 Å². The van der Waals surface area contributed by atoms with Crippen LogP contribution in [0, 0.1) is 5.41 Å². The second-order valence-corrected chi connectivity index (χ2v) is 13.6. The number of aliphatic hydroxyl groups is 1. The molecule has 2 heterocycles. The molecule has 2 aliphatic rings. The number of ketones is 1. The van der Waals surface area contributed by atoms with Gasteiger partial charge in [-0.3, -0.25) is 4.79 Å². The van der Waals surface area contributed by atoms with Gasteiger partial charge in [0.2, 0.25) is 26.9 Å². The first-order valence-electron chi connectivity index (χ1n) is 12.3. The van der Waals surface area contributed by atoms with E-state index in [1.54, 1.807) is 0 Å². The Labute approximate surface area is 214 Å². The zero-order chi connectivity index (χ0) is 25.3. The van der Waals surface area contributed by atoms with Gasteiger partial charge in [0, 0.05) is 24.0 Å². The highest BCUT2D eigenvalue weighted by atomic mass is 32.2. The van der Waals surface area contributed by atoms with Crippen LogP contribution < -0.4 is 0 Å². The van der Waals surface area contributed by atoms with E-state index in [-0.39, 0.29) is 22.4 Å². The van der Waals surface area contributed by atoms with Crippen LogP contribution in [0.15, 0.2) is 62.6 Å². The summed E-state index contributed by atoms with van der Waals surface area (Å²) in [5.41, 5.74) is 2.88. The molecule has 0 saturated carbocycles. The molecule has 0 fully saturated rings. The standard InChI is InChI=1S/C30H38O2S2/c1-9-11-21-13-19(17-25(33-21)29(3,4)5)15-23-27(31)24(28(23)32)16-20-14-22(12-10-2)34-26(18-20)30(6,7)8/h13-18H,9-12H2,1-8H3/p+1. The molecule has 0 amide bonds. The molecule has 0 saturated heterocycles. The normalized spacial score (nSPS) is 19.5. The zero-order valence-corrected chi connectivity index (χ0v) is 23.6. The van der Waals surface area contributed by atoms with Gasteiger partial charge in [0.15, 0.2) is 0 Å². The molecule has 0 bridgehead atoms. The number of hydrogen-bond donors (Lipinski definition) is 1. The van der Waals surface area contributed by atoms with Gasteiger partial charge in [0.05, 0.1) is 11.1 Å². The minimum absolute atomic E-state index is 0.0391. The molecular weight excluding hydrogens is 456 g/mol. The van der Waals surface area contributed by atoms with E-state index in [2.05, 4.69) is 79.7 Å². The molecule has 182 valence electrons. The van der Waals surface area contributed by atoms with Crippen LogP contribution in [0.2, 0.25) is 0 Å². The Bertz CT molecular complexity index is 1130. The molecule has 3 rings (SSSR count). The highest BCUT2D eigenvalue weighted by Gasteiger charge is 2.33. The van der Waals surface area contributed by atoms with Crippen molar-refractivity contribution in [3.8, 4) is 0 Å². The van der Waals surface area contributed by atoms with E-state index in [1.165, 1.54) is 19.6 Å². The van der Waals surface area contributed by atoms with Gasteiger partial charge in [-0.1, -0.05) is 73.6 Å². The van der Waals surface area contributed by atoms with E-state index in [1.807, 2.05) is 35.3 Å². The van der Waals surface area contributed by atoms with Gasteiger partial charge in [0.25, 0.3) is 0 Å². The lowest BCUT2D eigenvalue weighted by Crippen LogP contribution is -2.21. The molecule has 1 aromatic rings. The topological polar surface area (TPSA) is 37.3 Å². The summed E-state index contributed by atoms with van der Waals surface area (Å²) in [6.45, 7) is 17.6. The zero-order valence-electron chi connectivity index (χ0n) is 22.0. The molecule has 0 spiro atoms. The van der Waals surface area contributed by atoms with E-state index >= 15 is 0 Å². The van der Waals surface area contributed by atoms with E-state index in [0.29, 0.717) is 11.1 Å². The molecule has 0 aromatic carbocycles. The first-order valence-corrected chi connectivity index (χ1v) is 14.0. The van der Waals surface area contributed by atoms with Crippen LogP contribution in [0.5, 0.6) is 0 Å². The van der Waals surface area contributed by atoms with E-state index in [4.69, 9.17) is 0 Å². The number of Topliss-reactive ketones (excluding diaryl/α,β-unsaturated/α-hetero) is 1. The van der Waals surface area contributed by atoms with Crippen LogP contribution in [0.25, 0.3) is 6.08 Å². The van der Waals surface area contributed by atoms with Crippen LogP contribution in [0.4, 0.5) is 0 Å². The predicted molar refractivity (Wildman–Crippen MR) is 150 cm³/mol. The summed E-state index contributed by atoms with van der Waals surface area (Å²) in [5, 5.41) is 10.8. The summed E-state index contributed by atoms with van der Waals surface area (Å²) >= 11 is 3.68. The van der Waals surface area contributed by atoms with Crippen LogP contribution in [0.1, 0.15) is 90.0 Å². The average Bonchev–Trinajstić information content (AvgIpc) is 2.74. The van der Waals surface area contributed by atoms with E-state index < -0.39 is 0 Å². The highest BCUT2D eigenvalue weighted by Crippen LogP contribution is 2.45. The Morgan fingerprint density at radius 2 is 1.62 bits per heavy atom. The average molecular weight is 496 g/mol. The minimum Gasteiger partial charge on any atom is -0.506 e. The molecular formula is C30H39O2S2+. The third kappa shape index (κ3) is 6.20. The SMILES string of the molecule is CCCC1=CC(=CC2=C(O)C(=Cc3cc(CCC)[s+]c(C(C)(C)C)c3)C2=O)C=C(C(C)(C)C)S1. The summed E-state index contributed by atoms with van der Waals surface area (Å²) < 4.78 is 0. The van der Waals surface area contributed by atoms with Crippen molar-refractivity contribution in [1.82, 2.24) is 0 Å². The van der Waals surface area contributed by atoms with Gasteiger partial charge < -0.3 is 5.11 Å². The fraction of sp³-hybridized carbons (Fsp3) is 0.467. The van der Waals surface area contributed by atoms with Crippen molar-refractivity contribution < 1.29 is 9.90 Å². The van der Waals surface area contributed by atoms with Crippen LogP contribution in [0.3, 0.4) is 0 Å².